The van der Waals surface area contributed by atoms with Crippen LogP contribution in [0.3, 0.4) is 0 Å². The second kappa shape index (κ2) is 8.29. The number of benzene rings is 1. The third-order valence-electron chi connectivity index (χ3n) is 4.17. The standard InChI is InChI=1S/C18H22N2O4S/c1-11-6-4-7-14(10-11)16-15(18(21)24-8-5-9-25)12(2)19-13(3)17(16)20(22)23/h4,6-7,10,16-17,25H,5,8-9H2,1-3H3. The molecule has 25 heavy (non-hydrogen) atoms. The predicted octanol–water partition coefficient (Wildman–Crippen LogP) is 3.34. The Bertz CT molecular complexity index is 742. The van der Waals surface area contributed by atoms with E-state index in [2.05, 4.69) is 17.6 Å². The highest BCUT2D eigenvalue weighted by Crippen LogP contribution is 2.37. The molecule has 1 aromatic rings. The number of aliphatic imine (C=N–C) groups is 1. The zero-order chi connectivity index (χ0) is 18.6. The van der Waals surface area contributed by atoms with Crippen LogP contribution in [-0.4, -0.2) is 35.0 Å². The quantitative estimate of drug-likeness (QED) is 0.277. The smallest absolute Gasteiger partial charge is 0.336 e. The van der Waals surface area contributed by atoms with E-state index in [-0.39, 0.29) is 17.1 Å². The first-order valence-electron chi connectivity index (χ1n) is 8.10. The van der Waals surface area contributed by atoms with Crippen molar-refractivity contribution in [2.24, 2.45) is 4.99 Å². The molecule has 2 atom stereocenters. The number of allylic oxidation sites excluding steroid dienone is 1. The van der Waals surface area contributed by atoms with E-state index in [9.17, 15) is 14.9 Å². The summed E-state index contributed by atoms with van der Waals surface area (Å²) in [5.41, 5.74) is 2.81. The number of ether oxygens (including phenoxy) is 1. The molecule has 1 heterocycles. The van der Waals surface area contributed by atoms with Crippen molar-refractivity contribution >= 4 is 24.3 Å². The Hall–Kier alpha value is -2.15. The normalized spacial score (nSPS) is 20.2. The number of carbonyl (C=O) groups excluding carboxylic acids is 1. The molecule has 0 spiro atoms. The fourth-order valence-electron chi connectivity index (χ4n) is 3.08. The largest absolute Gasteiger partial charge is 0.462 e. The molecule has 7 heteroatoms. The highest BCUT2D eigenvalue weighted by molar-refractivity contribution is 7.80. The number of hydrogen-bond donors (Lipinski definition) is 1. The number of nitrogens with zero attached hydrogens (tertiary/aromatic N) is 2. The summed E-state index contributed by atoms with van der Waals surface area (Å²) in [6.45, 7) is 5.46. The van der Waals surface area contributed by atoms with Gasteiger partial charge in [-0.1, -0.05) is 29.8 Å². The molecule has 0 N–H and O–H groups in total. The van der Waals surface area contributed by atoms with Crippen molar-refractivity contribution in [3.63, 3.8) is 0 Å². The minimum absolute atomic E-state index is 0.228. The number of esters is 1. The van der Waals surface area contributed by atoms with Crippen LogP contribution in [0.2, 0.25) is 0 Å². The molecule has 2 rings (SSSR count). The lowest BCUT2D eigenvalue weighted by atomic mass is 9.80. The van der Waals surface area contributed by atoms with E-state index in [4.69, 9.17) is 4.74 Å². The number of thiol groups is 1. The highest BCUT2D eigenvalue weighted by Gasteiger charge is 2.44. The van der Waals surface area contributed by atoms with Gasteiger partial charge in [0.2, 0.25) is 0 Å². The number of carbonyl (C=O) groups is 1. The molecule has 0 radical (unpaired) electrons. The number of nitro groups is 1. The van der Waals surface area contributed by atoms with Crippen LogP contribution in [0.1, 0.15) is 37.3 Å². The minimum Gasteiger partial charge on any atom is -0.462 e. The van der Waals surface area contributed by atoms with Crippen molar-refractivity contribution in [3.05, 3.63) is 56.8 Å². The molecule has 2 unspecified atom stereocenters. The first kappa shape index (κ1) is 19.2. The molecular formula is C18H22N2O4S. The Morgan fingerprint density at radius 3 is 2.68 bits per heavy atom. The molecule has 1 aromatic carbocycles. The second-order valence-corrected chi connectivity index (χ2v) is 6.53. The van der Waals surface area contributed by atoms with Crippen molar-refractivity contribution in [1.82, 2.24) is 0 Å². The highest BCUT2D eigenvalue weighted by atomic mass is 32.1. The number of hydrogen-bond acceptors (Lipinski definition) is 6. The lowest BCUT2D eigenvalue weighted by Gasteiger charge is -2.27. The molecule has 134 valence electrons. The summed E-state index contributed by atoms with van der Waals surface area (Å²) in [5, 5.41) is 11.7. The second-order valence-electron chi connectivity index (χ2n) is 6.09. The molecule has 1 aliphatic rings. The SMILES string of the molecule is CC1=NC(C)=C(C(=O)OCCCS)C(c2cccc(C)c2)C1[N+](=O)[O-]. The van der Waals surface area contributed by atoms with Gasteiger partial charge in [0.15, 0.2) is 0 Å². The van der Waals surface area contributed by atoms with Crippen molar-refractivity contribution in [2.45, 2.75) is 39.2 Å². The van der Waals surface area contributed by atoms with Crippen LogP contribution in [0.25, 0.3) is 0 Å². The van der Waals surface area contributed by atoms with E-state index in [1.807, 2.05) is 25.1 Å². The number of aryl methyl sites for hydroxylation is 1. The summed E-state index contributed by atoms with van der Waals surface area (Å²) < 4.78 is 5.30. The van der Waals surface area contributed by atoms with Crippen LogP contribution in [0.5, 0.6) is 0 Å². The van der Waals surface area contributed by atoms with Gasteiger partial charge in [-0.3, -0.25) is 15.1 Å². The first-order valence-corrected chi connectivity index (χ1v) is 8.74. The van der Waals surface area contributed by atoms with Gasteiger partial charge in [0.1, 0.15) is 0 Å². The molecule has 0 saturated carbocycles. The van der Waals surface area contributed by atoms with Crippen molar-refractivity contribution in [1.29, 1.82) is 0 Å². The zero-order valence-corrected chi connectivity index (χ0v) is 15.5. The first-order chi connectivity index (χ1) is 11.9. The van der Waals surface area contributed by atoms with Gasteiger partial charge in [0.25, 0.3) is 6.04 Å². The fourth-order valence-corrected chi connectivity index (χ4v) is 3.21. The van der Waals surface area contributed by atoms with Crippen molar-refractivity contribution in [2.75, 3.05) is 12.4 Å². The summed E-state index contributed by atoms with van der Waals surface area (Å²) in [7, 11) is 0. The topological polar surface area (TPSA) is 81.8 Å². The average Bonchev–Trinajstić information content (AvgIpc) is 2.53. The third-order valence-corrected chi connectivity index (χ3v) is 4.49. The average molecular weight is 362 g/mol. The lowest BCUT2D eigenvalue weighted by molar-refractivity contribution is -0.505. The molecule has 0 saturated heterocycles. The van der Waals surface area contributed by atoms with Gasteiger partial charge in [-0.25, -0.2) is 4.79 Å². The van der Waals surface area contributed by atoms with E-state index in [1.165, 1.54) is 0 Å². The Balaban J connectivity index is 2.51. The van der Waals surface area contributed by atoms with Crippen LogP contribution in [0.4, 0.5) is 0 Å². The van der Waals surface area contributed by atoms with Crippen LogP contribution < -0.4 is 0 Å². The summed E-state index contributed by atoms with van der Waals surface area (Å²) in [6, 6.07) is 6.34. The lowest BCUT2D eigenvalue weighted by Crippen LogP contribution is -2.40. The molecule has 0 aromatic heterocycles. The van der Waals surface area contributed by atoms with E-state index in [0.717, 1.165) is 11.1 Å². The van der Waals surface area contributed by atoms with Crippen LogP contribution in [-0.2, 0) is 9.53 Å². The van der Waals surface area contributed by atoms with Gasteiger partial charge in [0.05, 0.1) is 23.8 Å². The van der Waals surface area contributed by atoms with E-state index >= 15 is 0 Å². The molecule has 0 bridgehead atoms. The van der Waals surface area contributed by atoms with Gasteiger partial charge in [-0.15, -0.1) is 0 Å². The fraction of sp³-hybridized carbons (Fsp3) is 0.444. The molecule has 0 fully saturated rings. The van der Waals surface area contributed by atoms with Crippen LogP contribution >= 0.6 is 12.6 Å². The monoisotopic (exact) mass is 362 g/mol. The summed E-state index contributed by atoms with van der Waals surface area (Å²) >= 11 is 4.09. The maximum atomic E-state index is 12.6. The minimum atomic E-state index is -1.09. The Labute approximate surface area is 152 Å². The van der Waals surface area contributed by atoms with E-state index < -0.39 is 17.9 Å². The van der Waals surface area contributed by atoms with Crippen molar-refractivity contribution < 1.29 is 14.5 Å². The van der Waals surface area contributed by atoms with Crippen LogP contribution in [0, 0.1) is 17.0 Å². The maximum Gasteiger partial charge on any atom is 0.336 e. The predicted molar refractivity (Wildman–Crippen MR) is 99.9 cm³/mol. The summed E-state index contributed by atoms with van der Waals surface area (Å²) in [6.07, 6.45) is 0.622. The Morgan fingerprint density at radius 2 is 2.08 bits per heavy atom. The van der Waals surface area contributed by atoms with Gasteiger partial charge >= 0.3 is 5.97 Å². The molecular weight excluding hydrogens is 340 g/mol. The molecule has 0 aliphatic carbocycles. The third kappa shape index (κ3) is 4.28. The molecule has 0 amide bonds. The van der Waals surface area contributed by atoms with Gasteiger partial charge in [-0.05, 0) is 38.5 Å². The summed E-state index contributed by atoms with van der Waals surface area (Å²) in [5.74, 6) is -0.661. The van der Waals surface area contributed by atoms with E-state index in [1.54, 1.807) is 19.9 Å². The van der Waals surface area contributed by atoms with Gasteiger partial charge in [-0.2, -0.15) is 12.6 Å². The maximum absolute atomic E-state index is 12.6. The Morgan fingerprint density at radius 1 is 1.36 bits per heavy atom. The summed E-state index contributed by atoms with van der Waals surface area (Å²) in [4.78, 5) is 28.2. The molecule has 6 nitrogen and oxygen atoms in total. The zero-order valence-electron chi connectivity index (χ0n) is 14.6. The van der Waals surface area contributed by atoms with Crippen molar-refractivity contribution in [3.8, 4) is 0 Å². The van der Waals surface area contributed by atoms with Crippen LogP contribution in [0.15, 0.2) is 40.5 Å². The van der Waals surface area contributed by atoms with Gasteiger partial charge < -0.3 is 4.74 Å². The van der Waals surface area contributed by atoms with E-state index in [0.29, 0.717) is 23.6 Å². The Kier molecular flexibility index (Phi) is 6.36. The van der Waals surface area contributed by atoms with Gasteiger partial charge in [0, 0.05) is 10.6 Å². The molecule has 1 aliphatic heterocycles. The number of rotatable bonds is 6.